The highest BCUT2D eigenvalue weighted by Crippen LogP contribution is 2.19. The summed E-state index contributed by atoms with van der Waals surface area (Å²) >= 11 is 1.41. The van der Waals surface area contributed by atoms with E-state index in [2.05, 4.69) is 15.3 Å². The van der Waals surface area contributed by atoms with Gasteiger partial charge >= 0.3 is 0 Å². The van der Waals surface area contributed by atoms with Crippen molar-refractivity contribution in [3.05, 3.63) is 35.0 Å². The van der Waals surface area contributed by atoms with E-state index in [-0.39, 0.29) is 5.91 Å². The van der Waals surface area contributed by atoms with Gasteiger partial charge in [-0.1, -0.05) is 0 Å². The van der Waals surface area contributed by atoms with E-state index in [1.807, 2.05) is 31.3 Å². The highest BCUT2D eigenvalue weighted by Gasteiger charge is 2.14. The van der Waals surface area contributed by atoms with E-state index in [0.29, 0.717) is 16.5 Å². The lowest BCUT2D eigenvalue weighted by Crippen LogP contribution is -2.19. The summed E-state index contributed by atoms with van der Waals surface area (Å²) in [5.41, 5.74) is 1.43. The van der Waals surface area contributed by atoms with E-state index in [1.165, 1.54) is 11.3 Å². The van der Waals surface area contributed by atoms with Crippen LogP contribution in [0.5, 0.6) is 0 Å². The van der Waals surface area contributed by atoms with Gasteiger partial charge in [0.15, 0.2) is 5.13 Å². The molecule has 0 saturated heterocycles. The van der Waals surface area contributed by atoms with Gasteiger partial charge in [0.05, 0.1) is 11.3 Å². The fourth-order valence-electron chi connectivity index (χ4n) is 1.51. The molecule has 0 aliphatic heterocycles. The normalized spacial score (nSPS) is 10.2. The van der Waals surface area contributed by atoms with E-state index in [4.69, 9.17) is 0 Å². The SMILES string of the molecule is Cc1csc(NC(=O)c2cccnc2N(C)C)n1. The zero-order valence-corrected chi connectivity index (χ0v) is 11.3. The number of rotatable bonds is 3. The maximum absolute atomic E-state index is 12.1. The number of amides is 1. The predicted octanol–water partition coefficient (Wildman–Crippen LogP) is 2.16. The Morgan fingerprint density at radius 2 is 2.22 bits per heavy atom. The van der Waals surface area contributed by atoms with Crippen molar-refractivity contribution in [2.45, 2.75) is 6.92 Å². The number of aryl methyl sites for hydroxylation is 1. The lowest BCUT2D eigenvalue weighted by Gasteiger charge is -2.14. The van der Waals surface area contributed by atoms with Crippen LogP contribution in [0, 0.1) is 6.92 Å². The molecule has 1 amide bonds. The van der Waals surface area contributed by atoms with Crippen LogP contribution in [0.1, 0.15) is 16.1 Å². The summed E-state index contributed by atoms with van der Waals surface area (Å²) in [5.74, 6) is 0.449. The topological polar surface area (TPSA) is 58.1 Å². The van der Waals surface area contributed by atoms with Crippen LogP contribution in [0.2, 0.25) is 0 Å². The molecule has 1 N–H and O–H groups in total. The van der Waals surface area contributed by atoms with E-state index in [0.717, 1.165) is 5.69 Å². The summed E-state index contributed by atoms with van der Waals surface area (Å²) in [4.78, 5) is 22.3. The first-order chi connectivity index (χ1) is 8.58. The zero-order valence-electron chi connectivity index (χ0n) is 10.5. The summed E-state index contributed by atoms with van der Waals surface area (Å²) in [6.45, 7) is 1.89. The summed E-state index contributed by atoms with van der Waals surface area (Å²) < 4.78 is 0. The molecule has 18 heavy (non-hydrogen) atoms. The standard InChI is InChI=1S/C12H14N4OS/c1-8-7-18-12(14-8)15-11(17)9-5-4-6-13-10(9)16(2)3/h4-7H,1-3H3,(H,14,15,17). The van der Waals surface area contributed by atoms with Crippen molar-refractivity contribution in [2.24, 2.45) is 0 Å². The molecule has 2 rings (SSSR count). The van der Waals surface area contributed by atoms with Gasteiger partial charge < -0.3 is 4.90 Å². The van der Waals surface area contributed by atoms with Gasteiger partial charge in [0.1, 0.15) is 5.82 Å². The molecule has 2 aromatic heterocycles. The van der Waals surface area contributed by atoms with Crippen LogP contribution in [-0.4, -0.2) is 30.0 Å². The molecule has 0 fully saturated rings. The van der Waals surface area contributed by atoms with Gasteiger partial charge in [0.25, 0.3) is 5.91 Å². The van der Waals surface area contributed by atoms with Crippen LogP contribution in [0.25, 0.3) is 0 Å². The van der Waals surface area contributed by atoms with Crippen LogP contribution < -0.4 is 10.2 Å². The van der Waals surface area contributed by atoms with Crippen molar-refractivity contribution in [2.75, 3.05) is 24.3 Å². The lowest BCUT2D eigenvalue weighted by atomic mass is 10.2. The van der Waals surface area contributed by atoms with Gasteiger partial charge in [-0.05, 0) is 19.1 Å². The Bertz CT molecular complexity index is 565. The second-order valence-electron chi connectivity index (χ2n) is 4.02. The van der Waals surface area contributed by atoms with Gasteiger partial charge in [-0.25, -0.2) is 9.97 Å². The second-order valence-corrected chi connectivity index (χ2v) is 4.88. The fraction of sp³-hybridized carbons (Fsp3) is 0.250. The molecule has 0 bridgehead atoms. The minimum atomic E-state index is -0.193. The number of carbonyl (C=O) groups is 1. The Kier molecular flexibility index (Phi) is 3.57. The monoisotopic (exact) mass is 262 g/mol. The van der Waals surface area contributed by atoms with Gasteiger partial charge in [-0.2, -0.15) is 0 Å². The molecule has 0 unspecified atom stereocenters. The first kappa shape index (κ1) is 12.5. The van der Waals surface area contributed by atoms with Crippen LogP contribution in [0.3, 0.4) is 0 Å². The second kappa shape index (κ2) is 5.14. The van der Waals surface area contributed by atoms with Crippen molar-refractivity contribution in [3.8, 4) is 0 Å². The van der Waals surface area contributed by atoms with Crippen molar-refractivity contribution in [3.63, 3.8) is 0 Å². The highest BCUT2D eigenvalue weighted by atomic mass is 32.1. The summed E-state index contributed by atoms with van der Waals surface area (Å²) in [5, 5.41) is 5.27. The largest absolute Gasteiger partial charge is 0.362 e. The molecule has 0 aliphatic rings. The van der Waals surface area contributed by atoms with Gasteiger partial charge in [-0.15, -0.1) is 11.3 Å². The Labute approximate surface area is 109 Å². The quantitative estimate of drug-likeness (QED) is 0.921. The van der Waals surface area contributed by atoms with Gasteiger partial charge in [-0.3, -0.25) is 10.1 Å². The first-order valence-corrected chi connectivity index (χ1v) is 6.31. The average Bonchev–Trinajstić information content (AvgIpc) is 2.74. The fourth-order valence-corrected chi connectivity index (χ4v) is 2.19. The molecule has 0 saturated carbocycles. The van der Waals surface area contributed by atoms with Crippen LogP contribution >= 0.6 is 11.3 Å². The smallest absolute Gasteiger partial charge is 0.261 e. The van der Waals surface area contributed by atoms with Crippen molar-refractivity contribution < 1.29 is 4.79 Å². The highest BCUT2D eigenvalue weighted by molar-refractivity contribution is 7.13. The zero-order chi connectivity index (χ0) is 13.1. The van der Waals surface area contributed by atoms with Gasteiger partial charge in [0, 0.05) is 25.7 Å². The number of anilines is 2. The minimum Gasteiger partial charge on any atom is -0.362 e. The first-order valence-electron chi connectivity index (χ1n) is 5.44. The number of hydrogen-bond acceptors (Lipinski definition) is 5. The summed E-state index contributed by atoms with van der Waals surface area (Å²) in [6.07, 6.45) is 1.67. The Morgan fingerprint density at radius 1 is 1.44 bits per heavy atom. The van der Waals surface area contributed by atoms with E-state index < -0.39 is 0 Å². The average molecular weight is 262 g/mol. The number of carbonyl (C=O) groups excluding carboxylic acids is 1. The van der Waals surface area contributed by atoms with Crippen LogP contribution in [-0.2, 0) is 0 Å². The number of aromatic nitrogens is 2. The third-order valence-corrected chi connectivity index (χ3v) is 3.17. The van der Waals surface area contributed by atoms with Crippen LogP contribution in [0.15, 0.2) is 23.7 Å². The molecule has 0 aromatic carbocycles. The number of hydrogen-bond donors (Lipinski definition) is 1. The van der Waals surface area contributed by atoms with Crippen molar-refractivity contribution in [1.29, 1.82) is 0 Å². The van der Waals surface area contributed by atoms with E-state index in [1.54, 1.807) is 18.3 Å². The maximum atomic E-state index is 12.1. The predicted molar refractivity (Wildman–Crippen MR) is 73.4 cm³/mol. The molecule has 2 aromatic rings. The molecule has 6 heteroatoms. The number of nitrogens with zero attached hydrogens (tertiary/aromatic N) is 3. The summed E-state index contributed by atoms with van der Waals surface area (Å²) in [6, 6.07) is 3.49. The number of thiazole rings is 1. The molecule has 5 nitrogen and oxygen atoms in total. The molecule has 0 atom stereocenters. The van der Waals surface area contributed by atoms with Crippen molar-refractivity contribution >= 4 is 28.2 Å². The molecular formula is C12H14N4OS. The third-order valence-electron chi connectivity index (χ3n) is 2.29. The molecule has 94 valence electrons. The van der Waals surface area contributed by atoms with E-state index >= 15 is 0 Å². The molecule has 0 aliphatic carbocycles. The van der Waals surface area contributed by atoms with Crippen LogP contribution in [0.4, 0.5) is 10.9 Å². The molecule has 2 heterocycles. The molecule has 0 radical (unpaired) electrons. The minimum absolute atomic E-state index is 0.193. The Balaban J connectivity index is 2.24. The Hall–Kier alpha value is -1.95. The summed E-state index contributed by atoms with van der Waals surface area (Å²) in [7, 11) is 3.71. The third kappa shape index (κ3) is 2.65. The number of pyridine rings is 1. The molecule has 0 spiro atoms. The molecular weight excluding hydrogens is 248 g/mol. The lowest BCUT2D eigenvalue weighted by molar-refractivity contribution is 0.102. The van der Waals surface area contributed by atoms with Crippen molar-refractivity contribution in [1.82, 2.24) is 9.97 Å². The van der Waals surface area contributed by atoms with Gasteiger partial charge in [0.2, 0.25) is 0 Å². The number of nitrogens with one attached hydrogen (secondary N) is 1. The Morgan fingerprint density at radius 3 is 2.83 bits per heavy atom. The maximum Gasteiger partial charge on any atom is 0.261 e. The van der Waals surface area contributed by atoms with E-state index in [9.17, 15) is 4.79 Å².